The third-order valence-corrected chi connectivity index (χ3v) is 5.01. The first kappa shape index (κ1) is 11.5. The van der Waals surface area contributed by atoms with Crippen molar-refractivity contribution in [2.24, 2.45) is 17.8 Å². The molecule has 94 valence electrons. The highest BCUT2D eigenvalue weighted by molar-refractivity contribution is 5.14. The van der Waals surface area contributed by atoms with Crippen molar-refractivity contribution < 1.29 is 4.74 Å². The number of rotatable bonds is 1. The lowest BCUT2D eigenvalue weighted by Gasteiger charge is -2.44. The summed E-state index contributed by atoms with van der Waals surface area (Å²) in [5, 5.41) is 0. The van der Waals surface area contributed by atoms with Crippen LogP contribution in [-0.4, -0.2) is 12.7 Å². The summed E-state index contributed by atoms with van der Waals surface area (Å²) >= 11 is 0. The van der Waals surface area contributed by atoms with Gasteiger partial charge in [-0.1, -0.05) is 23.3 Å². The molecule has 2 bridgehead atoms. The fraction of sp³-hybridized carbons (Fsp3) is 0.750. The molecule has 1 nitrogen and oxygen atoms in total. The van der Waals surface area contributed by atoms with Gasteiger partial charge in [0.25, 0.3) is 0 Å². The molecule has 0 aromatic carbocycles. The highest BCUT2D eigenvalue weighted by Gasteiger charge is 2.38. The highest BCUT2D eigenvalue weighted by Crippen LogP contribution is 2.42. The summed E-state index contributed by atoms with van der Waals surface area (Å²) in [6, 6.07) is 0. The van der Waals surface area contributed by atoms with Gasteiger partial charge in [-0.3, -0.25) is 0 Å². The molecule has 17 heavy (non-hydrogen) atoms. The maximum atomic E-state index is 6.22. The predicted octanol–water partition coefficient (Wildman–Crippen LogP) is 4.10. The maximum Gasteiger partial charge on any atom is 0.0671 e. The van der Waals surface area contributed by atoms with Gasteiger partial charge in [0, 0.05) is 5.92 Å². The molecule has 3 rings (SSSR count). The molecule has 0 spiro atoms. The largest absolute Gasteiger partial charge is 0.377 e. The van der Waals surface area contributed by atoms with Gasteiger partial charge in [0.15, 0.2) is 0 Å². The maximum absolute atomic E-state index is 6.22. The Balaban J connectivity index is 1.75. The Hall–Kier alpha value is -0.560. The average molecular weight is 232 g/mol. The third-order valence-electron chi connectivity index (χ3n) is 5.01. The van der Waals surface area contributed by atoms with E-state index in [0.717, 1.165) is 24.4 Å². The second-order valence-electron chi connectivity index (χ2n) is 6.27. The fourth-order valence-electron chi connectivity index (χ4n) is 3.79. The summed E-state index contributed by atoms with van der Waals surface area (Å²) in [5.74, 6) is 2.30. The van der Waals surface area contributed by atoms with E-state index >= 15 is 0 Å². The van der Waals surface area contributed by atoms with E-state index in [1.807, 2.05) is 0 Å². The van der Waals surface area contributed by atoms with Crippen LogP contribution in [0.3, 0.4) is 0 Å². The van der Waals surface area contributed by atoms with Crippen LogP contribution in [0.5, 0.6) is 0 Å². The standard InChI is InChI=1S/C16H24O/c1-11-3-7-14(8-4-11)16-15-9-13(10-17-16)6-5-12(15)2/h3,5,13-16H,4,6-10H2,1-2H3/t13-,14+,15-,16+/m0/s1. The van der Waals surface area contributed by atoms with Crippen LogP contribution in [-0.2, 0) is 4.74 Å². The second kappa shape index (κ2) is 4.61. The second-order valence-corrected chi connectivity index (χ2v) is 6.27. The van der Waals surface area contributed by atoms with Gasteiger partial charge < -0.3 is 4.74 Å². The fourth-order valence-corrected chi connectivity index (χ4v) is 3.79. The Labute approximate surface area is 105 Å². The Bertz CT molecular complexity index is 353. The predicted molar refractivity (Wildman–Crippen MR) is 70.8 cm³/mol. The normalized spacial score (nSPS) is 41.8. The van der Waals surface area contributed by atoms with E-state index in [4.69, 9.17) is 4.74 Å². The Morgan fingerprint density at radius 3 is 2.82 bits per heavy atom. The average Bonchev–Trinajstić information content (AvgIpc) is 2.36. The lowest BCUT2D eigenvalue weighted by Crippen LogP contribution is -2.42. The van der Waals surface area contributed by atoms with E-state index in [2.05, 4.69) is 26.0 Å². The number of hydrogen-bond acceptors (Lipinski definition) is 1. The van der Waals surface area contributed by atoms with E-state index in [-0.39, 0.29) is 0 Å². The molecular formula is C16H24O. The van der Waals surface area contributed by atoms with E-state index < -0.39 is 0 Å². The van der Waals surface area contributed by atoms with Crippen LogP contribution in [0.4, 0.5) is 0 Å². The van der Waals surface area contributed by atoms with Crippen LogP contribution in [0.15, 0.2) is 23.3 Å². The molecule has 1 heteroatoms. The zero-order chi connectivity index (χ0) is 11.8. The molecule has 0 amide bonds. The molecule has 0 radical (unpaired) electrons. The van der Waals surface area contributed by atoms with E-state index in [1.54, 1.807) is 11.1 Å². The highest BCUT2D eigenvalue weighted by atomic mass is 16.5. The van der Waals surface area contributed by atoms with Gasteiger partial charge in [0.05, 0.1) is 12.7 Å². The molecule has 0 saturated carbocycles. The van der Waals surface area contributed by atoms with Crippen LogP contribution in [0.25, 0.3) is 0 Å². The summed E-state index contributed by atoms with van der Waals surface area (Å²) in [5.41, 5.74) is 3.17. The molecule has 0 aromatic heterocycles. The lowest BCUT2D eigenvalue weighted by molar-refractivity contribution is -0.0807. The van der Waals surface area contributed by atoms with Crippen LogP contribution in [0.1, 0.15) is 46.0 Å². The summed E-state index contributed by atoms with van der Waals surface area (Å²) < 4.78 is 6.22. The molecule has 0 unspecified atom stereocenters. The molecule has 1 saturated heterocycles. The van der Waals surface area contributed by atoms with Crippen molar-refractivity contribution in [3.05, 3.63) is 23.3 Å². The molecule has 1 aliphatic heterocycles. The van der Waals surface area contributed by atoms with Crippen molar-refractivity contribution >= 4 is 0 Å². The summed E-state index contributed by atoms with van der Waals surface area (Å²) in [4.78, 5) is 0. The smallest absolute Gasteiger partial charge is 0.0671 e. The van der Waals surface area contributed by atoms with Crippen LogP contribution in [0.2, 0.25) is 0 Å². The summed E-state index contributed by atoms with van der Waals surface area (Å²) in [6.45, 7) is 5.58. The van der Waals surface area contributed by atoms with Crippen LogP contribution in [0, 0.1) is 17.8 Å². The van der Waals surface area contributed by atoms with Crippen molar-refractivity contribution in [3.8, 4) is 0 Å². The van der Waals surface area contributed by atoms with Gasteiger partial charge in [0.2, 0.25) is 0 Å². The minimum atomic E-state index is 0.507. The molecule has 0 aromatic rings. The number of fused-ring (bicyclic) bond motifs is 2. The van der Waals surface area contributed by atoms with Crippen LogP contribution < -0.4 is 0 Å². The van der Waals surface area contributed by atoms with E-state index in [1.165, 1.54) is 32.1 Å². The van der Waals surface area contributed by atoms with Crippen molar-refractivity contribution in [1.82, 2.24) is 0 Å². The Morgan fingerprint density at radius 2 is 2.06 bits per heavy atom. The van der Waals surface area contributed by atoms with Gasteiger partial charge >= 0.3 is 0 Å². The minimum absolute atomic E-state index is 0.507. The zero-order valence-corrected chi connectivity index (χ0v) is 11.1. The zero-order valence-electron chi connectivity index (χ0n) is 11.1. The quantitative estimate of drug-likeness (QED) is 0.618. The minimum Gasteiger partial charge on any atom is -0.377 e. The van der Waals surface area contributed by atoms with Gasteiger partial charge in [-0.15, -0.1) is 0 Å². The van der Waals surface area contributed by atoms with Crippen molar-refractivity contribution in [3.63, 3.8) is 0 Å². The summed E-state index contributed by atoms with van der Waals surface area (Å²) in [6.07, 6.45) is 11.9. The molecule has 0 N–H and O–H groups in total. The number of ether oxygens (including phenoxy) is 1. The number of hydrogen-bond donors (Lipinski definition) is 0. The Kier molecular flexibility index (Phi) is 3.12. The first-order valence-corrected chi connectivity index (χ1v) is 7.18. The molecule has 1 heterocycles. The van der Waals surface area contributed by atoms with Gasteiger partial charge in [-0.25, -0.2) is 0 Å². The van der Waals surface area contributed by atoms with Crippen LogP contribution >= 0.6 is 0 Å². The van der Waals surface area contributed by atoms with Crippen molar-refractivity contribution in [2.75, 3.05) is 6.61 Å². The lowest BCUT2D eigenvalue weighted by atomic mass is 9.71. The van der Waals surface area contributed by atoms with Gasteiger partial charge in [0.1, 0.15) is 0 Å². The van der Waals surface area contributed by atoms with E-state index in [0.29, 0.717) is 6.10 Å². The summed E-state index contributed by atoms with van der Waals surface area (Å²) in [7, 11) is 0. The first-order valence-electron chi connectivity index (χ1n) is 7.18. The Morgan fingerprint density at radius 1 is 1.18 bits per heavy atom. The van der Waals surface area contributed by atoms with Crippen molar-refractivity contribution in [2.45, 2.75) is 52.1 Å². The SMILES string of the molecule is CC1=CC[C@@H]([C@H]2OC[C@H]3CC=C(C)[C@@H]2C3)CC1. The monoisotopic (exact) mass is 232 g/mol. The van der Waals surface area contributed by atoms with E-state index in [9.17, 15) is 0 Å². The molecule has 1 fully saturated rings. The third kappa shape index (κ3) is 2.22. The van der Waals surface area contributed by atoms with Gasteiger partial charge in [-0.05, 0) is 57.8 Å². The first-order chi connectivity index (χ1) is 8.24. The van der Waals surface area contributed by atoms with Crippen molar-refractivity contribution in [1.29, 1.82) is 0 Å². The number of allylic oxidation sites excluding steroid dienone is 3. The molecule has 3 aliphatic rings. The molecule has 2 aliphatic carbocycles. The molecule has 4 atom stereocenters. The topological polar surface area (TPSA) is 9.23 Å². The van der Waals surface area contributed by atoms with Gasteiger partial charge in [-0.2, -0.15) is 0 Å². The molecular weight excluding hydrogens is 208 g/mol.